The lowest BCUT2D eigenvalue weighted by molar-refractivity contribution is 0.145. The number of rotatable bonds is 1. The second kappa shape index (κ2) is 4.41. The first kappa shape index (κ1) is 10.8. The SMILES string of the molecule is Nc1ccc(Br)cc1N1CCC(O)CC1. The van der Waals surface area contributed by atoms with Crippen LogP contribution in [0.3, 0.4) is 0 Å². The fraction of sp³-hybridized carbons (Fsp3) is 0.455. The number of nitrogens with two attached hydrogens (primary N) is 1. The number of nitrogens with zero attached hydrogens (tertiary/aromatic N) is 1. The van der Waals surface area contributed by atoms with Gasteiger partial charge in [0.25, 0.3) is 0 Å². The van der Waals surface area contributed by atoms with Gasteiger partial charge in [0.05, 0.1) is 17.5 Å². The van der Waals surface area contributed by atoms with Crippen LogP contribution in [0, 0.1) is 0 Å². The zero-order valence-electron chi connectivity index (χ0n) is 8.49. The van der Waals surface area contributed by atoms with Crippen LogP contribution in [0.4, 0.5) is 11.4 Å². The molecule has 0 aromatic heterocycles. The summed E-state index contributed by atoms with van der Waals surface area (Å²) in [6, 6.07) is 5.88. The number of aliphatic hydroxyl groups is 1. The van der Waals surface area contributed by atoms with E-state index >= 15 is 0 Å². The van der Waals surface area contributed by atoms with E-state index in [1.807, 2.05) is 18.2 Å². The number of aliphatic hydroxyl groups excluding tert-OH is 1. The molecule has 0 unspecified atom stereocenters. The van der Waals surface area contributed by atoms with Crippen molar-refractivity contribution < 1.29 is 5.11 Å². The van der Waals surface area contributed by atoms with Gasteiger partial charge in [-0.25, -0.2) is 0 Å². The number of halogens is 1. The van der Waals surface area contributed by atoms with Crippen molar-refractivity contribution in [3.05, 3.63) is 22.7 Å². The van der Waals surface area contributed by atoms with Crippen molar-refractivity contribution in [3.63, 3.8) is 0 Å². The van der Waals surface area contributed by atoms with E-state index in [2.05, 4.69) is 20.8 Å². The van der Waals surface area contributed by atoms with Crippen LogP contribution < -0.4 is 10.6 Å². The Kier molecular flexibility index (Phi) is 3.17. The zero-order chi connectivity index (χ0) is 10.8. The number of hydrogen-bond donors (Lipinski definition) is 2. The van der Waals surface area contributed by atoms with Gasteiger partial charge < -0.3 is 15.7 Å². The summed E-state index contributed by atoms with van der Waals surface area (Å²) in [4.78, 5) is 2.23. The van der Waals surface area contributed by atoms with E-state index in [1.54, 1.807) is 0 Å². The molecule has 1 aromatic rings. The fourth-order valence-corrected chi connectivity index (χ4v) is 2.25. The Labute approximate surface area is 98.0 Å². The lowest BCUT2D eigenvalue weighted by Crippen LogP contribution is -2.36. The van der Waals surface area contributed by atoms with Crippen LogP contribution >= 0.6 is 15.9 Å². The van der Waals surface area contributed by atoms with Crippen LogP contribution in [0.5, 0.6) is 0 Å². The Hall–Kier alpha value is -0.740. The highest BCUT2D eigenvalue weighted by atomic mass is 79.9. The van der Waals surface area contributed by atoms with Gasteiger partial charge in [-0.15, -0.1) is 0 Å². The van der Waals surface area contributed by atoms with Gasteiger partial charge in [0.15, 0.2) is 0 Å². The fourth-order valence-electron chi connectivity index (χ4n) is 1.90. The predicted octanol–water partition coefficient (Wildman–Crippen LogP) is 1.99. The van der Waals surface area contributed by atoms with Crippen LogP contribution in [0.25, 0.3) is 0 Å². The smallest absolute Gasteiger partial charge is 0.0611 e. The molecule has 0 atom stereocenters. The van der Waals surface area contributed by atoms with Gasteiger partial charge in [-0.3, -0.25) is 0 Å². The molecule has 1 aromatic carbocycles. The van der Waals surface area contributed by atoms with E-state index in [0.717, 1.165) is 41.8 Å². The number of piperidine rings is 1. The molecule has 1 aliphatic heterocycles. The first-order valence-corrected chi connectivity index (χ1v) is 5.94. The highest BCUT2D eigenvalue weighted by Gasteiger charge is 2.18. The number of anilines is 2. The molecule has 0 bridgehead atoms. The van der Waals surface area contributed by atoms with Crippen molar-refractivity contribution >= 4 is 27.3 Å². The minimum Gasteiger partial charge on any atom is -0.397 e. The van der Waals surface area contributed by atoms with Gasteiger partial charge >= 0.3 is 0 Å². The quantitative estimate of drug-likeness (QED) is 0.768. The number of hydrogen-bond acceptors (Lipinski definition) is 3. The highest BCUT2D eigenvalue weighted by molar-refractivity contribution is 9.10. The lowest BCUT2D eigenvalue weighted by Gasteiger charge is -2.32. The molecule has 2 rings (SSSR count). The standard InChI is InChI=1S/C11H15BrN2O/c12-8-1-2-10(13)11(7-8)14-5-3-9(15)4-6-14/h1-2,7,9,15H,3-6,13H2. The average Bonchev–Trinajstić information content (AvgIpc) is 2.23. The Morgan fingerprint density at radius 2 is 2.00 bits per heavy atom. The molecule has 0 aliphatic carbocycles. The second-order valence-electron chi connectivity index (χ2n) is 3.92. The zero-order valence-corrected chi connectivity index (χ0v) is 10.1. The van der Waals surface area contributed by atoms with Crippen molar-refractivity contribution in [2.45, 2.75) is 18.9 Å². The van der Waals surface area contributed by atoms with Crippen molar-refractivity contribution in [1.82, 2.24) is 0 Å². The number of benzene rings is 1. The minimum absolute atomic E-state index is 0.144. The maximum Gasteiger partial charge on any atom is 0.0611 e. The molecular weight excluding hydrogens is 256 g/mol. The van der Waals surface area contributed by atoms with Gasteiger partial charge in [-0.2, -0.15) is 0 Å². The molecule has 0 amide bonds. The molecule has 3 N–H and O–H groups in total. The topological polar surface area (TPSA) is 49.5 Å². The monoisotopic (exact) mass is 270 g/mol. The normalized spacial score (nSPS) is 18.1. The van der Waals surface area contributed by atoms with Crippen molar-refractivity contribution in [2.75, 3.05) is 23.7 Å². The molecule has 1 aliphatic rings. The van der Waals surface area contributed by atoms with Gasteiger partial charge in [-0.05, 0) is 31.0 Å². The molecule has 1 saturated heterocycles. The van der Waals surface area contributed by atoms with Gasteiger partial charge in [0, 0.05) is 17.6 Å². The largest absolute Gasteiger partial charge is 0.397 e. The summed E-state index contributed by atoms with van der Waals surface area (Å²) < 4.78 is 1.04. The van der Waals surface area contributed by atoms with E-state index in [9.17, 15) is 5.11 Å². The molecule has 0 radical (unpaired) electrons. The second-order valence-corrected chi connectivity index (χ2v) is 4.84. The summed E-state index contributed by atoms with van der Waals surface area (Å²) >= 11 is 3.44. The molecule has 0 saturated carbocycles. The Balaban J connectivity index is 2.18. The van der Waals surface area contributed by atoms with Crippen LogP contribution in [0.15, 0.2) is 22.7 Å². The molecular formula is C11H15BrN2O. The summed E-state index contributed by atoms with van der Waals surface area (Å²) in [5.74, 6) is 0. The van der Waals surface area contributed by atoms with E-state index < -0.39 is 0 Å². The van der Waals surface area contributed by atoms with E-state index in [4.69, 9.17) is 5.73 Å². The van der Waals surface area contributed by atoms with E-state index in [1.165, 1.54) is 0 Å². The third kappa shape index (κ3) is 2.44. The number of nitrogen functional groups attached to an aromatic ring is 1. The van der Waals surface area contributed by atoms with E-state index in [-0.39, 0.29) is 6.10 Å². The first-order valence-electron chi connectivity index (χ1n) is 5.15. The predicted molar refractivity (Wildman–Crippen MR) is 66.0 cm³/mol. The van der Waals surface area contributed by atoms with Crippen molar-refractivity contribution in [1.29, 1.82) is 0 Å². The minimum atomic E-state index is -0.144. The summed E-state index contributed by atoms with van der Waals surface area (Å²) in [5, 5.41) is 9.43. The maximum atomic E-state index is 9.43. The van der Waals surface area contributed by atoms with E-state index in [0.29, 0.717) is 0 Å². The molecule has 1 heterocycles. The summed E-state index contributed by atoms with van der Waals surface area (Å²) in [7, 11) is 0. The van der Waals surface area contributed by atoms with Gasteiger partial charge in [0.1, 0.15) is 0 Å². The molecule has 3 nitrogen and oxygen atoms in total. The van der Waals surface area contributed by atoms with Crippen LogP contribution in [0.1, 0.15) is 12.8 Å². The maximum absolute atomic E-state index is 9.43. The Morgan fingerprint density at radius 3 is 2.67 bits per heavy atom. The molecule has 4 heteroatoms. The third-order valence-electron chi connectivity index (χ3n) is 2.80. The van der Waals surface area contributed by atoms with Crippen LogP contribution in [-0.4, -0.2) is 24.3 Å². The molecule has 0 spiro atoms. The summed E-state index contributed by atoms with van der Waals surface area (Å²) in [5.41, 5.74) is 7.80. The Bertz CT molecular complexity index is 348. The van der Waals surface area contributed by atoms with Gasteiger partial charge in [-0.1, -0.05) is 15.9 Å². The van der Waals surface area contributed by atoms with Gasteiger partial charge in [0.2, 0.25) is 0 Å². The molecule has 82 valence electrons. The van der Waals surface area contributed by atoms with Crippen LogP contribution in [-0.2, 0) is 0 Å². The van der Waals surface area contributed by atoms with Crippen molar-refractivity contribution in [3.8, 4) is 0 Å². The average molecular weight is 271 g/mol. The molecule has 15 heavy (non-hydrogen) atoms. The molecule has 1 fully saturated rings. The third-order valence-corrected chi connectivity index (χ3v) is 3.29. The summed E-state index contributed by atoms with van der Waals surface area (Å²) in [6.07, 6.45) is 1.51. The van der Waals surface area contributed by atoms with Crippen molar-refractivity contribution in [2.24, 2.45) is 0 Å². The highest BCUT2D eigenvalue weighted by Crippen LogP contribution is 2.29. The Morgan fingerprint density at radius 1 is 1.33 bits per heavy atom. The first-order chi connectivity index (χ1) is 7.16. The lowest BCUT2D eigenvalue weighted by atomic mass is 10.1. The summed E-state index contributed by atoms with van der Waals surface area (Å²) in [6.45, 7) is 1.75. The van der Waals surface area contributed by atoms with Crippen LogP contribution in [0.2, 0.25) is 0 Å².